The minimum absolute atomic E-state index is 0.0573. The van der Waals surface area contributed by atoms with Crippen LogP contribution in [-0.4, -0.2) is 30.1 Å². The molecule has 0 atom stereocenters. The molecule has 29 heavy (non-hydrogen) atoms. The number of amides is 2. The maximum absolute atomic E-state index is 12.4. The van der Waals surface area contributed by atoms with E-state index in [1.807, 2.05) is 19.1 Å². The number of hydrogen-bond acceptors (Lipinski definition) is 5. The summed E-state index contributed by atoms with van der Waals surface area (Å²) < 4.78 is 11.6. The highest BCUT2D eigenvalue weighted by Gasteiger charge is 2.15. The van der Waals surface area contributed by atoms with Gasteiger partial charge < -0.3 is 9.47 Å². The van der Waals surface area contributed by atoms with Crippen LogP contribution in [0.1, 0.15) is 29.8 Å². The summed E-state index contributed by atoms with van der Waals surface area (Å²) in [6, 6.07) is 12.6. The minimum Gasteiger partial charge on any atom is -0.493 e. The Hall–Kier alpha value is -2.65. The highest BCUT2D eigenvalue weighted by atomic mass is 79.9. The summed E-state index contributed by atoms with van der Waals surface area (Å²) in [4.78, 5) is 24.3. The van der Waals surface area contributed by atoms with E-state index in [4.69, 9.17) is 21.7 Å². The Morgan fingerprint density at radius 3 is 2.41 bits per heavy atom. The van der Waals surface area contributed by atoms with Gasteiger partial charge in [-0.15, -0.1) is 0 Å². The molecule has 0 aliphatic rings. The van der Waals surface area contributed by atoms with Crippen LogP contribution < -0.4 is 25.6 Å². The standard InChI is InChI=1S/C20H22BrN3O4S/c1-3-13-5-8-15(9-6-13)28-12-18(25)23-24-20(29)22-19(26)16-11-14(21)7-10-17(16)27-4-2/h5-11H,3-4,12H2,1-2H3,(H,23,25)(H2,22,24,26,29). The lowest BCUT2D eigenvalue weighted by atomic mass is 10.2. The molecule has 0 aliphatic heterocycles. The maximum atomic E-state index is 12.4. The van der Waals surface area contributed by atoms with Crippen LogP contribution in [0.2, 0.25) is 0 Å². The predicted octanol–water partition coefficient (Wildman–Crippen LogP) is 3.12. The van der Waals surface area contributed by atoms with Crippen molar-refractivity contribution in [3.8, 4) is 11.5 Å². The molecule has 0 saturated heterocycles. The van der Waals surface area contributed by atoms with E-state index in [0.717, 1.165) is 10.9 Å². The van der Waals surface area contributed by atoms with E-state index in [-0.39, 0.29) is 11.7 Å². The fourth-order valence-corrected chi connectivity index (χ4v) is 2.80. The van der Waals surface area contributed by atoms with Crippen LogP contribution in [-0.2, 0) is 11.2 Å². The zero-order valence-electron chi connectivity index (χ0n) is 16.1. The molecule has 0 unspecified atom stereocenters. The number of carbonyl (C=O) groups is 2. The second-order valence-electron chi connectivity index (χ2n) is 5.82. The third kappa shape index (κ3) is 7.35. The first-order chi connectivity index (χ1) is 13.9. The van der Waals surface area contributed by atoms with Gasteiger partial charge in [0.15, 0.2) is 11.7 Å². The third-order valence-corrected chi connectivity index (χ3v) is 4.43. The monoisotopic (exact) mass is 479 g/mol. The van der Waals surface area contributed by atoms with Crippen LogP contribution in [0.5, 0.6) is 11.5 Å². The Labute approximate surface area is 183 Å². The normalized spacial score (nSPS) is 10.0. The van der Waals surface area contributed by atoms with Gasteiger partial charge in [0.2, 0.25) is 0 Å². The first kappa shape index (κ1) is 22.6. The summed E-state index contributed by atoms with van der Waals surface area (Å²) in [5, 5.41) is 2.43. The molecule has 7 nitrogen and oxygen atoms in total. The molecule has 2 amide bonds. The summed E-state index contributed by atoms with van der Waals surface area (Å²) >= 11 is 8.36. The summed E-state index contributed by atoms with van der Waals surface area (Å²) in [7, 11) is 0. The number of benzene rings is 2. The lowest BCUT2D eigenvalue weighted by Crippen LogP contribution is -2.49. The van der Waals surface area contributed by atoms with Crippen molar-refractivity contribution in [1.82, 2.24) is 16.2 Å². The Balaban J connectivity index is 1.80. The first-order valence-corrected chi connectivity index (χ1v) is 10.2. The van der Waals surface area contributed by atoms with Crippen LogP contribution >= 0.6 is 28.1 Å². The number of ether oxygens (including phenoxy) is 2. The topological polar surface area (TPSA) is 88.7 Å². The number of rotatable bonds is 7. The van der Waals surface area contributed by atoms with Crippen LogP contribution in [0.25, 0.3) is 0 Å². The fraction of sp³-hybridized carbons (Fsp3) is 0.250. The maximum Gasteiger partial charge on any atom is 0.276 e. The van der Waals surface area contributed by atoms with Crippen molar-refractivity contribution >= 4 is 45.1 Å². The number of hydrogen-bond donors (Lipinski definition) is 3. The van der Waals surface area contributed by atoms with E-state index in [1.54, 1.807) is 30.3 Å². The second kappa shape index (κ2) is 11.4. The van der Waals surface area contributed by atoms with E-state index in [0.29, 0.717) is 23.7 Å². The molecule has 0 aromatic heterocycles. The number of carbonyl (C=O) groups excluding carboxylic acids is 2. The van der Waals surface area contributed by atoms with Crippen LogP contribution in [0.15, 0.2) is 46.9 Å². The number of thiocarbonyl (C=S) groups is 1. The predicted molar refractivity (Wildman–Crippen MR) is 118 cm³/mol. The van der Waals surface area contributed by atoms with Gasteiger partial charge in [-0.3, -0.25) is 25.8 Å². The van der Waals surface area contributed by atoms with Gasteiger partial charge in [0, 0.05) is 4.47 Å². The molecule has 0 aliphatic carbocycles. The lowest BCUT2D eigenvalue weighted by Gasteiger charge is -2.13. The van der Waals surface area contributed by atoms with E-state index in [2.05, 4.69) is 39.0 Å². The van der Waals surface area contributed by atoms with E-state index in [1.165, 1.54) is 5.56 Å². The Morgan fingerprint density at radius 1 is 1.03 bits per heavy atom. The van der Waals surface area contributed by atoms with Gasteiger partial charge in [-0.05, 0) is 61.5 Å². The van der Waals surface area contributed by atoms with Gasteiger partial charge in [0.1, 0.15) is 11.5 Å². The van der Waals surface area contributed by atoms with Crippen molar-refractivity contribution in [3.05, 3.63) is 58.1 Å². The number of nitrogens with one attached hydrogen (secondary N) is 3. The fourth-order valence-electron chi connectivity index (χ4n) is 2.30. The minimum atomic E-state index is -0.464. The van der Waals surface area contributed by atoms with Crippen molar-refractivity contribution < 1.29 is 19.1 Å². The quantitative estimate of drug-likeness (QED) is 0.417. The smallest absolute Gasteiger partial charge is 0.276 e. The molecule has 0 saturated carbocycles. The van der Waals surface area contributed by atoms with Gasteiger partial charge in [0.25, 0.3) is 11.8 Å². The third-order valence-electron chi connectivity index (χ3n) is 3.73. The van der Waals surface area contributed by atoms with Gasteiger partial charge in [-0.1, -0.05) is 35.0 Å². The summed E-state index contributed by atoms with van der Waals surface area (Å²) in [6.45, 7) is 4.10. The number of halogens is 1. The average Bonchev–Trinajstić information content (AvgIpc) is 2.72. The molecular weight excluding hydrogens is 458 g/mol. The molecule has 0 heterocycles. The van der Waals surface area contributed by atoms with Crippen molar-refractivity contribution in [2.45, 2.75) is 20.3 Å². The highest BCUT2D eigenvalue weighted by Crippen LogP contribution is 2.23. The van der Waals surface area contributed by atoms with Crippen molar-refractivity contribution in [2.24, 2.45) is 0 Å². The van der Waals surface area contributed by atoms with Gasteiger partial charge in [-0.25, -0.2) is 0 Å². The van der Waals surface area contributed by atoms with Crippen molar-refractivity contribution in [1.29, 1.82) is 0 Å². The highest BCUT2D eigenvalue weighted by molar-refractivity contribution is 9.10. The van der Waals surface area contributed by atoms with Crippen LogP contribution in [0.4, 0.5) is 0 Å². The van der Waals surface area contributed by atoms with Gasteiger partial charge in [-0.2, -0.15) is 0 Å². The average molecular weight is 480 g/mol. The first-order valence-electron chi connectivity index (χ1n) is 8.97. The molecule has 154 valence electrons. The molecule has 2 rings (SSSR count). The van der Waals surface area contributed by atoms with E-state index >= 15 is 0 Å². The Morgan fingerprint density at radius 2 is 1.76 bits per heavy atom. The molecule has 0 spiro atoms. The Kier molecular flexibility index (Phi) is 8.88. The summed E-state index contributed by atoms with van der Waals surface area (Å²) in [5.41, 5.74) is 6.34. The number of aryl methyl sites for hydroxylation is 1. The van der Waals surface area contributed by atoms with Crippen molar-refractivity contribution in [3.63, 3.8) is 0 Å². The molecule has 3 N–H and O–H groups in total. The molecule has 0 radical (unpaired) electrons. The summed E-state index contributed by atoms with van der Waals surface area (Å²) in [6.07, 6.45) is 0.930. The molecule has 9 heteroatoms. The molecule has 2 aromatic rings. The lowest BCUT2D eigenvalue weighted by molar-refractivity contribution is -0.123. The second-order valence-corrected chi connectivity index (χ2v) is 7.14. The zero-order chi connectivity index (χ0) is 21.2. The van der Waals surface area contributed by atoms with Crippen LogP contribution in [0, 0.1) is 0 Å². The summed E-state index contributed by atoms with van der Waals surface area (Å²) in [5.74, 6) is 0.112. The largest absolute Gasteiger partial charge is 0.493 e. The Bertz CT molecular complexity index is 875. The van der Waals surface area contributed by atoms with E-state index in [9.17, 15) is 9.59 Å². The van der Waals surface area contributed by atoms with E-state index < -0.39 is 11.8 Å². The van der Waals surface area contributed by atoms with Gasteiger partial charge in [0.05, 0.1) is 12.2 Å². The van der Waals surface area contributed by atoms with Gasteiger partial charge >= 0.3 is 0 Å². The van der Waals surface area contributed by atoms with Crippen molar-refractivity contribution in [2.75, 3.05) is 13.2 Å². The molecule has 0 fully saturated rings. The SMILES string of the molecule is CCOc1ccc(Br)cc1C(=O)NC(=S)NNC(=O)COc1ccc(CC)cc1. The molecule has 2 aromatic carbocycles. The zero-order valence-corrected chi connectivity index (χ0v) is 18.5. The number of hydrazine groups is 1. The molecular formula is C20H22BrN3O4S. The molecule has 0 bridgehead atoms. The van der Waals surface area contributed by atoms with Crippen LogP contribution in [0.3, 0.4) is 0 Å².